The molecule has 4 nitrogen and oxygen atoms in total. The van der Waals surface area contributed by atoms with E-state index >= 15 is 0 Å². The maximum absolute atomic E-state index is 12.2. The predicted molar refractivity (Wildman–Crippen MR) is 83.4 cm³/mol. The van der Waals surface area contributed by atoms with Gasteiger partial charge in [0.05, 0.1) is 0 Å². The zero-order valence-electron chi connectivity index (χ0n) is 12.6. The maximum Gasteiger partial charge on any atom is 0.253 e. The Morgan fingerprint density at radius 1 is 1.20 bits per heavy atom. The quantitative estimate of drug-likeness (QED) is 0.892. The van der Waals surface area contributed by atoms with Crippen molar-refractivity contribution < 1.29 is 4.79 Å². The highest BCUT2D eigenvalue weighted by Crippen LogP contribution is 2.20. The van der Waals surface area contributed by atoms with Crippen LogP contribution in [0, 0.1) is 0 Å². The Morgan fingerprint density at radius 2 is 1.85 bits per heavy atom. The second-order valence-electron chi connectivity index (χ2n) is 5.42. The molecular formula is C16H25N3O. The zero-order chi connectivity index (χ0) is 14.4. The molecule has 110 valence electrons. The zero-order valence-corrected chi connectivity index (χ0v) is 12.6. The maximum atomic E-state index is 12.2. The van der Waals surface area contributed by atoms with Crippen molar-refractivity contribution in [3.63, 3.8) is 0 Å². The predicted octanol–water partition coefficient (Wildman–Crippen LogP) is 1.97. The molecule has 1 heterocycles. The topological polar surface area (TPSA) is 35.6 Å². The van der Waals surface area contributed by atoms with Crippen molar-refractivity contribution in [3.8, 4) is 0 Å². The summed E-state index contributed by atoms with van der Waals surface area (Å²) in [7, 11) is 3.74. The van der Waals surface area contributed by atoms with E-state index in [1.54, 1.807) is 4.90 Å². The average Bonchev–Trinajstić information content (AvgIpc) is 2.53. The summed E-state index contributed by atoms with van der Waals surface area (Å²) in [5.41, 5.74) is 2.00. The van der Waals surface area contributed by atoms with Crippen LogP contribution in [-0.4, -0.2) is 51.1 Å². The number of hydrogen-bond acceptors (Lipinski definition) is 3. The third-order valence-corrected chi connectivity index (χ3v) is 3.88. The molecule has 1 aliphatic heterocycles. The molecule has 0 atom stereocenters. The summed E-state index contributed by atoms with van der Waals surface area (Å²) >= 11 is 0. The highest BCUT2D eigenvalue weighted by molar-refractivity contribution is 5.94. The monoisotopic (exact) mass is 275 g/mol. The van der Waals surface area contributed by atoms with Crippen molar-refractivity contribution in [2.75, 3.05) is 45.2 Å². The van der Waals surface area contributed by atoms with Gasteiger partial charge < -0.3 is 15.1 Å². The van der Waals surface area contributed by atoms with Gasteiger partial charge in [-0.3, -0.25) is 4.79 Å². The fourth-order valence-electron chi connectivity index (χ4n) is 2.57. The molecule has 1 saturated heterocycles. The number of benzene rings is 1. The van der Waals surface area contributed by atoms with Crippen LogP contribution in [0.3, 0.4) is 0 Å². The second-order valence-corrected chi connectivity index (χ2v) is 5.42. The van der Waals surface area contributed by atoms with Crippen molar-refractivity contribution in [3.05, 3.63) is 29.8 Å². The number of carbonyl (C=O) groups is 1. The minimum absolute atomic E-state index is 0.0884. The summed E-state index contributed by atoms with van der Waals surface area (Å²) in [6.45, 7) is 3.81. The minimum Gasteiger partial charge on any atom is -0.372 e. The number of rotatable bonds is 5. The first-order valence-electron chi connectivity index (χ1n) is 7.47. The molecule has 0 aliphatic carbocycles. The molecule has 0 spiro atoms. The van der Waals surface area contributed by atoms with E-state index in [1.807, 2.05) is 26.2 Å². The van der Waals surface area contributed by atoms with E-state index in [0.29, 0.717) is 0 Å². The molecule has 1 N–H and O–H groups in total. The molecule has 0 aromatic heterocycles. The first kappa shape index (κ1) is 14.9. The summed E-state index contributed by atoms with van der Waals surface area (Å²) < 4.78 is 0. The Hall–Kier alpha value is -1.55. The highest BCUT2D eigenvalue weighted by atomic mass is 16.2. The lowest BCUT2D eigenvalue weighted by Gasteiger charge is -2.29. The Kier molecular flexibility index (Phi) is 5.41. The van der Waals surface area contributed by atoms with Gasteiger partial charge in [-0.15, -0.1) is 0 Å². The lowest BCUT2D eigenvalue weighted by Crippen LogP contribution is -2.33. The summed E-state index contributed by atoms with van der Waals surface area (Å²) in [5.74, 6) is 0.0884. The molecule has 0 unspecified atom stereocenters. The van der Waals surface area contributed by atoms with Crippen LogP contribution >= 0.6 is 0 Å². The molecule has 0 saturated carbocycles. The first-order valence-corrected chi connectivity index (χ1v) is 7.47. The Bertz CT molecular complexity index is 424. The van der Waals surface area contributed by atoms with E-state index in [0.717, 1.165) is 31.7 Å². The van der Waals surface area contributed by atoms with Crippen LogP contribution in [0.25, 0.3) is 0 Å². The van der Waals surface area contributed by atoms with Gasteiger partial charge in [0, 0.05) is 44.5 Å². The van der Waals surface area contributed by atoms with Gasteiger partial charge in [-0.2, -0.15) is 0 Å². The molecule has 20 heavy (non-hydrogen) atoms. The number of likely N-dealkylation sites (N-methyl/N-ethyl adjacent to an activating group) is 2. The van der Waals surface area contributed by atoms with Gasteiger partial charge >= 0.3 is 0 Å². The van der Waals surface area contributed by atoms with E-state index < -0.39 is 0 Å². The summed E-state index contributed by atoms with van der Waals surface area (Å²) in [5, 5.41) is 3.06. The average molecular weight is 275 g/mol. The molecule has 0 bridgehead atoms. The van der Waals surface area contributed by atoms with Crippen LogP contribution in [0.15, 0.2) is 24.3 Å². The lowest BCUT2D eigenvalue weighted by molar-refractivity contribution is 0.0797. The number of piperidine rings is 1. The standard InChI is InChI=1S/C16H25N3O/c1-17-10-13-18(2)16(20)14-6-8-15(9-7-14)19-11-4-3-5-12-19/h6-9,17H,3-5,10-13H2,1-2H3. The normalized spacial score (nSPS) is 15.2. The second kappa shape index (κ2) is 7.29. The van der Waals surface area contributed by atoms with Crippen molar-refractivity contribution >= 4 is 11.6 Å². The SMILES string of the molecule is CNCCN(C)C(=O)c1ccc(N2CCCCC2)cc1. The van der Waals surface area contributed by atoms with Crippen molar-refractivity contribution in [1.82, 2.24) is 10.2 Å². The Morgan fingerprint density at radius 3 is 2.45 bits per heavy atom. The van der Waals surface area contributed by atoms with Crippen molar-refractivity contribution in [2.45, 2.75) is 19.3 Å². The Labute approximate surface area is 121 Å². The van der Waals surface area contributed by atoms with Crippen LogP contribution in [0.2, 0.25) is 0 Å². The minimum atomic E-state index is 0.0884. The molecule has 0 radical (unpaired) electrons. The van der Waals surface area contributed by atoms with E-state index in [2.05, 4.69) is 22.3 Å². The van der Waals surface area contributed by atoms with Gasteiger partial charge in [0.2, 0.25) is 0 Å². The molecule has 1 aromatic rings. The molecule has 4 heteroatoms. The highest BCUT2D eigenvalue weighted by Gasteiger charge is 2.13. The molecule has 1 fully saturated rings. The number of carbonyl (C=O) groups excluding carboxylic acids is 1. The fraction of sp³-hybridized carbons (Fsp3) is 0.562. The van der Waals surface area contributed by atoms with Crippen LogP contribution in [0.4, 0.5) is 5.69 Å². The fourth-order valence-corrected chi connectivity index (χ4v) is 2.57. The largest absolute Gasteiger partial charge is 0.372 e. The molecule has 1 amide bonds. The van der Waals surface area contributed by atoms with Crippen molar-refractivity contribution in [2.24, 2.45) is 0 Å². The van der Waals surface area contributed by atoms with Crippen LogP contribution in [-0.2, 0) is 0 Å². The number of anilines is 1. The lowest BCUT2D eigenvalue weighted by atomic mass is 10.1. The molecule has 2 rings (SSSR count). The van der Waals surface area contributed by atoms with Gasteiger partial charge in [-0.1, -0.05) is 0 Å². The molecular weight excluding hydrogens is 250 g/mol. The molecule has 1 aliphatic rings. The van der Waals surface area contributed by atoms with Crippen LogP contribution in [0.1, 0.15) is 29.6 Å². The van der Waals surface area contributed by atoms with Crippen LogP contribution < -0.4 is 10.2 Å². The Balaban J connectivity index is 1.98. The van der Waals surface area contributed by atoms with Gasteiger partial charge in [-0.05, 0) is 50.6 Å². The van der Waals surface area contributed by atoms with Crippen LogP contribution in [0.5, 0.6) is 0 Å². The summed E-state index contributed by atoms with van der Waals surface area (Å²) in [6.07, 6.45) is 3.88. The first-order chi connectivity index (χ1) is 9.72. The van der Waals surface area contributed by atoms with E-state index in [1.165, 1.54) is 24.9 Å². The van der Waals surface area contributed by atoms with Gasteiger partial charge in [0.25, 0.3) is 5.91 Å². The van der Waals surface area contributed by atoms with Gasteiger partial charge in [0.1, 0.15) is 0 Å². The summed E-state index contributed by atoms with van der Waals surface area (Å²) in [6, 6.07) is 8.04. The smallest absolute Gasteiger partial charge is 0.253 e. The van der Waals surface area contributed by atoms with Gasteiger partial charge in [0.15, 0.2) is 0 Å². The van der Waals surface area contributed by atoms with E-state index in [-0.39, 0.29) is 5.91 Å². The number of nitrogens with one attached hydrogen (secondary N) is 1. The van der Waals surface area contributed by atoms with Gasteiger partial charge in [-0.25, -0.2) is 0 Å². The van der Waals surface area contributed by atoms with E-state index in [4.69, 9.17) is 0 Å². The van der Waals surface area contributed by atoms with Crippen molar-refractivity contribution in [1.29, 1.82) is 0 Å². The number of nitrogens with zero attached hydrogens (tertiary/aromatic N) is 2. The third-order valence-electron chi connectivity index (χ3n) is 3.88. The van der Waals surface area contributed by atoms with E-state index in [9.17, 15) is 4.79 Å². The summed E-state index contributed by atoms with van der Waals surface area (Å²) in [4.78, 5) is 16.4. The number of hydrogen-bond donors (Lipinski definition) is 1. The molecule has 1 aromatic carbocycles. The number of amides is 1. The third kappa shape index (κ3) is 3.73.